The van der Waals surface area contributed by atoms with E-state index in [2.05, 4.69) is 5.32 Å². The lowest BCUT2D eigenvalue weighted by molar-refractivity contribution is -0.00000307. The summed E-state index contributed by atoms with van der Waals surface area (Å²) < 4.78 is 4.91. The van der Waals surface area contributed by atoms with Gasteiger partial charge in [-0.25, -0.2) is 0 Å². The minimum Gasteiger partial charge on any atom is -1.00 e. The van der Waals surface area contributed by atoms with E-state index < -0.39 is 0 Å². The van der Waals surface area contributed by atoms with E-state index in [9.17, 15) is 0 Å². The zero-order valence-electron chi connectivity index (χ0n) is 8.40. The third-order valence-electron chi connectivity index (χ3n) is 1.85. The van der Waals surface area contributed by atoms with Crippen molar-refractivity contribution >= 4 is 23.2 Å². The standard InChI is InChI=1S/C10H13Cl2NO.ClH/c1-14-6-5-13-7-8-9(11)3-2-4-10(8)12;/h2-4,13H,5-7H2,1H3;1H/p-1. The van der Waals surface area contributed by atoms with Gasteiger partial charge in [0.15, 0.2) is 0 Å². The maximum absolute atomic E-state index is 5.99. The number of hydrogen-bond acceptors (Lipinski definition) is 2. The first-order valence-electron chi connectivity index (χ1n) is 4.38. The molecule has 0 saturated carbocycles. The third-order valence-corrected chi connectivity index (χ3v) is 2.55. The molecule has 0 bridgehead atoms. The van der Waals surface area contributed by atoms with Gasteiger partial charge in [0.2, 0.25) is 0 Å². The van der Waals surface area contributed by atoms with Crippen molar-refractivity contribution in [1.82, 2.24) is 5.32 Å². The van der Waals surface area contributed by atoms with Crippen molar-refractivity contribution in [2.75, 3.05) is 20.3 Å². The van der Waals surface area contributed by atoms with Crippen LogP contribution in [0.1, 0.15) is 5.56 Å². The van der Waals surface area contributed by atoms with Crippen LogP contribution in [0.2, 0.25) is 10.0 Å². The van der Waals surface area contributed by atoms with Crippen molar-refractivity contribution in [2.45, 2.75) is 6.54 Å². The quantitative estimate of drug-likeness (QED) is 0.744. The van der Waals surface area contributed by atoms with E-state index in [1.54, 1.807) is 7.11 Å². The Hall–Kier alpha value is 0.01000. The van der Waals surface area contributed by atoms with E-state index >= 15 is 0 Å². The largest absolute Gasteiger partial charge is 1.00 e. The van der Waals surface area contributed by atoms with Gasteiger partial charge in [-0.05, 0) is 12.1 Å². The van der Waals surface area contributed by atoms with Gasteiger partial charge in [0.05, 0.1) is 6.61 Å². The zero-order chi connectivity index (χ0) is 10.4. The molecule has 1 N–H and O–H groups in total. The van der Waals surface area contributed by atoms with E-state index in [0.717, 1.165) is 12.1 Å². The van der Waals surface area contributed by atoms with E-state index in [-0.39, 0.29) is 12.4 Å². The highest BCUT2D eigenvalue weighted by atomic mass is 35.5. The molecular formula is C10H13Cl3NO-. The van der Waals surface area contributed by atoms with Crippen molar-refractivity contribution < 1.29 is 17.1 Å². The lowest BCUT2D eigenvalue weighted by Gasteiger charge is -2.07. The molecule has 0 aliphatic carbocycles. The topological polar surface area (TPSA) is 21.3 Å². The Labute approximate surface area is 106 Å². The van der Waals surface area contributed by atoms with Crippen molar-refractivity contribution in [3.63, 3.8) is 0 Å². The van der Waals surface area contributed by atoms with Crippen LogP contribution in [-0.4, -0.2) is 20.3 Å². The second-order valence-corrected chi connectivity index (χ2v) is 3.68. The Morgan fingerprint density at radius 1 is 1.27 bits per heavy atom. The number of halogens is 3. The summed E-state index contributed by atoms with van der Waals surface area (Å²) in [5.74, 6) is 0. The lowest BCUT2D eigenvalue weighted by Crippen LogP contribution is -3.00. The second kappa shape index (κ2) is 8.20. The van der Waals surface area contributed by atoms with Gasteiger partial charge in [-0.15, -0.1) is 0 Å². The van der Waals surface area contributed by atoms with Crippen molar-refractivity contribution in [2.24, 2.45) is 0 Å². The van der Waals surface area contributed by atoms with Crippen LogP contribution in [0.3, 0.4) is 0 Å². The van der Waals surface area contributed by atoms with E-state index in [0.29, 0.717) is 23.2 Å². The predicted molar refractivity (Wildman–Crippen MR) is 60.0 cm³/mol. The van der Waals surface area contributed by atoms with Crippen LogP contribution in [0.15, 0.2) is 18.2 Å². The van der Waals surface area contributed by atoms with Gasteiger partial charge in [-0.3, -0.25) is 0 Å². The molecule has 2 nitrogen and oxygen atoms in total. The van der Waals surface area contributed by atoms with Gasteiger partial charge in [0.25, 0.3) is 0 Å². The number of ether oxygens (including phenoxy) is 1. The van der Waals surface area contributed by atoms with Crippen LogP contribution in [-0.2, 0) is 11.3 Å². The lowest BCUT2D eigenvalue weighted by atomic mass is 10.2. The summed E-state index contributed by atoms with van der Waals surface area (Å²) in [6, 6.07) is 5.50. The minimum atomic E-state index is 0. The first-order chi connectivity index (χ1) is 6.75. The van der Waals surface area contributed by atoms with Crippen LogP contribution < -0.4 is 17.7 Å². The summed E-state index contributed by atoms with van der Waals surface area (Å²) in [7, 11) is 1.67. The summed E-state index contributed by atoms with van der Waals surface area (Å²) in [4.78, 5) is 0. The summed E-state index contributed by atoms with van der Waals surface area (Å²) in [5, 5.41) is 4.58. The molecule has 0 aliphatic heterocycles. The molecule has 86 valence electrons. The summed E-state index contributed by atoms with van der Waals surface area (Å²) in [6.07, 6.45) is 0. The normalized spacial score (nSPS) is 9.80. The first-order valence-corrected chi connectivity index (χ1v) is 5.14. The van der Waals surface area contributed by atoms with Crippen LogP contribution >= 0.6 is 23.2 Å². The molecule has 0 amide bonds. The fourth-order valence-electron chi connectivity index (χ4n) is 1.09. The molecule has 1 aromatic rings. The van der Waals surface area contributed by atoms with E-state index in [4.69, 9.17) is 27.9 Å². The number of benzene rings is 1. The molecule has 0 saturated heterocycles. The molecule has 0 spiro atoms. The molecule has 1 aromatic carbocycles. The molecule has 5 heteroatoms. The van der Waals surface area contributed by atoms with Crippen LogP contribution in [0.4, 0.5) is 0 Å². The van der Waals surface area contributed by atoms with Gasteiger partial charge in [0, 0.05) is 35.8 Å². The van der Waals surface area contributed by atoms with E-state index in [1.165, 1.54) is 0 Å². The highest BCUT2D eigenvalue weighted by Gasteiger charge is 2.03. The Morgan fingerprint density at radius 2 is 1.87 bits per heavy atom. The van der Waals surface area contributed by atoms with Gasteiger partial charge < -0.3 is 22.5 Å². The Morgan fingerprint density at radius 3 is 2.40 bits per heavy atom. The van der Waals surface area contributed by atoms with Crippen LogP contribution in [0.25, 0.3) is 0 Å². The molecule has 0 radical (unpaired) electrons. The minimum absolute atomic E-state index is 0. The van der Waals surface area contributed by atoms with Gasteiger partial charge >= 0.3 is 0 Å². The molecule has 0 unspecified atom stereocenters. The number of nitrogens with one attached hydrogen (secondary N) is 1. The molecule has 0 aromatic heterocycles. The van der Waals surface area contributed by atoms with E-state index in [1.807, 2.05) is 18.2 Å². The average molecular weight is 270 g/mol. The van der Waals surface area contributed by atoms with Gasteiger partial charge in [0.1, 0.15) is 0 Å². The SMILES string of the molecule is COCCNCc1c(Cl)cccc1Cl.[Cl-]. The second-order valence-electron chi connectivity index (χ2n) is 2.87. The number of hydrogen-bond donors (Lipinski definition) is 1. The molecule has 0 atom stereocenters. The van der Waals surface area contributed by atoms with Crippen molar-refractivity contribution in [3.05, 3.63) is 33.8 Å². The van der Waals surface area contributed by atoms with Crippen LogP contribution in [0.5, 0.6) is 0 Å². The smallest absolute Gasteiger partial charge is 0.0587 e. The number of rotatable bonds is 5. The third kappa shape index (κ3) is 5.05. The highest BCUT2D eigenvalue weighted by Crippen LogP contribution is 2.23. The van der Waals surface area contributed by atoms with Gasteiger partial charge in [-0.2, -0.15) is 0 Å². The Balaban J connectivity index is 0.00000196. The van der Waals surface area contributed by atoms with Crippen molar-refractivity contribution in [1.29, 1.82) is 0 Å². The summed E-state index contributed by atoms with van der Waals surface area (Å²) in [5.41, 5.74) is 0.937. The summed E-state index contributed by atoms with van der Waals surface area (Å²) in [6.45, 7) is 2.14. The molecule has 0 fully saturated rings. The fraction of sp³-hybridized carbons (Fsp3) is 0.400. The molecule has 15 heavy (non-hydrogen) atoms. The molecule has 0 aliphatic rings. The molecule has 1 rings (SSSR count). The van der Waals surface area contributed by atoms with Gasteiger partial charge in [-0.1, -0.05) is 29.3 Å². The van der Waals surface area contributed by atoms with Crippen LogP contribution in [0, 0.1) is 0 Å². The first kappa shape index (κ1) is 15.0. The average Bonchev–Trinajstić information content (AvgIpc) is 2.16. The highest BCUT2D eigenvalue weighted by molar-refractivity contribution is 6.35. The monoisotopic (exact) mass is 268 g/mol. The predicted octanol–water partition coefficient (Wildman–Crippen LogP) is -0.267. The molecule has 0 heterocycles. The summed E-state index contributed by atoms with van der Waals surface area (Å²) >= 11 is 12.0. The maximum Gasteiger partial charge on any atom is 0.0587 e. The zero-order valence-corrected chi connectivity index (χ0v) is 10.7. The Bertz CT molecular complexity index is 274. The van der Waals surface area contributed by atoms with Crippen molar-refractivity contribution in [3.8, 4) is 0 Å². The molecular weight excluding hydrogens is 256 g/mol. The maximum atomic E-state index is 5.99. The number of methoxy groups -OCH3 is 1. The fourth-order valence-corrected chi connectivity index (χ4v) is 1.62. The Kier molecular flexibility index (Phi) is 8.20.